The second-order valence-corrected chi connectivity index (χ2v) is 5.62. The van der Waals surface area contributed by atoms with Crippen LogP contribution in [0.25, 0.3) is 0 Å². The Hall–Kier alpha value is -1.41. The molecule has 0 amide bonds. The molecule has 0 bridgehead atoms. The lowest BCUT2D eigenvalue weighted by atomic mass is 10.2. The minimum atomic E-state index is -3.62. The van der Waals surface area contributed by atoms with E-state index in [2.05, 4.69) is 9.82 Å². The van der Waals surface area contributed by atoms with Gasteiger partial charge in [-0.05, 0) is 12.8 Å². The van der Waals surface area contributed by atoms with E-state index in [4.69, 9.17) is 5.11 Å². The molecule has 2 N–H and O–H groups in total. The van der Waals surface area contributed by atoms with E-state index < -0.39 is 16.0 Å². The standard InChI is InChI=1S/C10H17N3O4S/c1-3-8(4-2)12-18(16,17)9-5-11-13(6-9)7-10(14)15/h5-6,8,12H,3-4,7H2,1-2H3,(H,14,15). The highest BCUT2D eigenvalue weighted by molar-refractivity contribution is 7.89. The maximum Gasteiger partial charge on any atom is 0.325 e. The van der Waals surface area contributed by atoms with Gasteiger partial charge in [0, 0.05) is 12.2 Å². The first-order chi connectivity index (χ1) is 8.39. The van der Waals surface area contributed by atoms with E-state index in [1.807, 2.05) is 13.8 Å². The molecule has 0 atom stereocenters. The first-order valence-corrected chi connectivity index (χ1v) is 7.14. The van der Waals surface area contributed by atoms with Crippen molar-refractivity contribution in [3.8, 4) is 0 Å². The Bertz CT molecular complexity index is 505. The number of aliphatic carboxylic acids is 1. The Labute approximate surface area is 106 Å². The fraction of sp³-hybridized carbons (Fsp3) is 0.600. The Morgan fingerprint density at radius 1 is 1.50 bits per heavy atom. The molecule has 0 aliphatic carbocycles. The highest BCUT2D eigenvalue weighted by atomic mass is 32.2. The number of rotatable bonds is 7. The third-order valence-electron chi connectivity index (χ3n) is 2.52. The van der Waals surface area contributed by atoms with E-state index in [-0.39, 0.29) is 17.5 Å². The van der Waals surface area contributed by atoms with Crippen LogP contribution in [0.3, 0.4) is 0 Å². The lowest BCUT2D eigenvalue weighted by molar-refractivity contribution is -0.137. The van der Waals surface area contributed by atoms with E-state index in [0.29, 0.717) is 12.8 Å². The van der Waals surface area contributed by atoms with Crippen molar-refractivity contribution < 1.29 is 18.3 Å². The summed E-state index contributed by atoms with van der Waals surface area (Å²) in [4.78, 5) is 10.5. The van der Waals surface area contributed by atoms with E-state index in [9.17, 15) is 13.2 Å². The third kappa shape index (κ3) is 3.81. The van der Waals surface area contributed by atoms with Crippen LogP contribution in [0.4, 0.5) is 0 Å². The average Bonchev–Trinajstić information content (AvgIpc) is 2.74. The number of hydrogen-bond donors (Lipinski definition) is 2. The number of carboxylic acids is 1. The summed E-state index contributed by atoms with van der Waals surface area (Å²) in [5.41, 5.74) is 0. The minimum absolute atomic E-state index is 0.0179. The summed E-state index contributed by atoms with van der Waals surface area (Å²) in [7, 11) is -3.62. The van der Waals surface area contributed by atoms with Crippen LogP contribution in [0, 0.1) is 0 Å². The van der Waals surface area contributed by atoms with Gasteiger partial charge in [0.25, 0.3) is 0 Å². The number of aromatic nitrogens is 2. The number of nitrogens with zero attached hydrogens (tertiary/aromatic N) is 2. The van der Waals surface area contributed by atoms with Crippen molar-refractivity contribution in [3.05, 3.63) is 12.4 Å². The molecule has 1 heterocycles. The molecule has 1 aromatic heterocycles. The Kier molecular flexibility index (Phi) is 4.85. The fourth-order valence-corrected chi connectivity index (χ4v) is 2.81. The molecular formula is C10H17N3O4S. The van der Waals surface area contributed by atoms with Gasteiger partial charge < -0.3 is 5.11 Å². The van der Waals surface area contributed by atoms with Gasteiger partial charge in [-0.15, -0.1) is 0 Å². The van der Waals surface area contributed by atoms with Gasteiger partial charge in [-0.3, -0.25) is 9.48 Å². The van der Waals surface area contributed by atoms with E-state index in [1.54, 1.807) is 0 Å². The lowest BCUT2D eigenvalue weighted by Gasteiger charge is -2.13. The van der Waals surface area contributed by atoms with Crippen LogP contribution in [0.15, 0.2) is 17.3 Å². The molecule has 102 valence electrons. The molecule has 0 unspecified atom stereocenters. The lowest BCUT2D eigenvalue weighted by Crippen LogP contribution is -2.33. The molecule has 7 nitrogen and oxygen atoms in total. The summed E-state index contributed by atoms with van der Waals surface area (Å²) in [6.07, 6.45) is 3.74. The molecule has 0 saturated heterocycles. The van der Waals surface area contributed by atoms with Gasteiger partial charge >= 0.3 is 5.97 Å². The molecule has 8 heteroatoms. The van der Waals surface area contributed by atoms with Gasteiger partial charge in [-0.25, -0.2) is 13.1 Å². The molecular weight excluding hydrogens is 258 g/mol. The number of carbonyl (C=O) groups is 1. The average molecular weight is 275 g/mol. The maximum absolute atomic E-state index is 11.9. The van der Waals surface area contributed by atoms with Gasteiger partial charge in [0.2, 0.25) is 10.0 Å². The van der Waals surface area contributed by atoms with Crippen LogP contribution in [0.5, 0.6) is 0 Å². The molecule has 1 rings (SSSR count). The summed E-state index contributed by atoms with van der Waals surface area (Å²) in [6, 6.07) is -0.127. The first kappa shape index (κ1) is 14.7. The molecule has 0 fully saturated rings. The smallest absolute Gasteiger partial charge is 0.325 e. The van der Waals surface area contributed by atoms with Gasteiger partial charge in [0.1, 0.15) is 11.4 Å². The molecule has 0 spiro atoms. The largest absolute Gasteiger partial charge is 0.480 e. The highest BCUT2D eigenvalue weighted by Crippen LogP contribution is 2.09. The SMILES string of the molecule is CCC(CC)NS(=O)(=O)c1cnn(CC(=O)O)c1. The van der Waals surface area contributed by atoms with E-state index in [0.717, 1.165) is 10.9 Å². The summed E-state index contributed by atoms with van der Waals surface area (Å²) in [5.74, 6) is -1.07. The van der Waals surface area contributed by atoms with Gasteiger partial charge in [0.05, 0.1) is 6.20 Å². The topological polar surface area (TPSA) is 101 Å². The second kappa shape index (κ2) is 5.96. The molecule has 0 aliphatic heterocycles. The van der Waals surface area contributed by atoms with Crippen molar-refractivity contribution in [1.29, 1.82) is 0 Å². The number of sulfonamides is 1. The summed E-state index contributed by atoms with van der Waals surface area (Å²) in [6.45, 7) is 3.43. The monoisotopic (exact) mass is 275 g/mol. The van der Waals surface area contributed by atoms with Crippen LogP contribution in [0.2, 0.25) is 0 Å². The van der Waals surface area contributed by atoms with Gasteiger partial charge in [-0.1, -0.05) is 13.8 Å². The van der Waals surface area contributed by atoms with Gasteiger partial charge in [0.15, 0.2) is 0 Å². The van der Waals surface area contributed by atoms with Crippen molar-refractivity contribution in [1.82, 2.24) is 14.5 Å². The van der Waals surface area contributed by atoms with Gasteiger partial charge in [-0.2, -0.15) is 5.10 Å². The van der Waals surface area contributed by atoms with Crippen LogP contribution in [0.1, 0.15) is 26.7 Å². The van der Waals surface area contributed by atoms with Crippen LogP contribution < -0.4 is 4.72 Å². The normalized spacial score (nSPS) is 11.9. The van der Waals surface area contributed by atoms with E-state index >= 15 is 0 Å². The maximum atomic E-state index is 11.9. The summed E-state index contributed by atoms with van der Waals surface area (Å²) < 4.78 is 27.5. The Morgan fingerprint density at radius 2 is 2.11 bits per heavy atom. The van der Waals surface area contributed by atoms with Crippen molar-refractivity contribution in [3.63, 3.8) is 0 Å². The molecule has 18 heavy (non-hydrogen) atoms. The van der Waals surface area contributed by atoms with Crippen LogP contribution in [-0.2, 0) is 21.4 Å². The zero-order valence-corrected chi connectivity index (χ0v) is 11.1. The quantitative estimate of drug-likeness (QED) is 0.751. The first-order valence-electron chi connectivity index (χ1n) is 5.65. The van der Waals surface area contributed by atoms with Crippen molar-refractivity contribution >= 4 is 16.0 Å². The zero-order chi connectivity index (χ0) is 13.8. The number of hydrogen-bond acceptors (Lipinski definition) is 4. The summed E-state index contributed by atoms with van der Waals surface area (Å²) in [5, 5.41) is 12.3. The van der Waals surface area contributed by atoms with Crippen molar-refractivity contribution in [2.75, 3.05) is 0 Å². The predicted octanol–water partition coefficient (Wildman–Crippen LogP) is 0.435. The molecule has 0 radical (unpaired) electrons. The molecule has 1 aromatic rings. The van der Waals surface area contributed by atoms with Crippen molar-refractivity contribution in [2.24, 2.45) is 0 Å². The zero-order valence-electron chi connectivity index (χ0n) is 10.3. The fourth-order valence-electron chi connectivity index (χ4n) is 1.45. The van der Waals surface area contributed by atoms with E-state index in [1.165, 1.54) is 6.20 Å². The third-order valence-corrected chi connectivity index (χ3v) is 4.00. The molecule has 0 aliphatic rings. The van der Waals surface area contributed by atoms with Crippen LogP contribution >= 0.6 is 0 Å². The highest BCUT2D eigenvalue weighted by Gasteiger charge is 2.20. The second-order valence-electron chi connectivity index (χ2n) is 3.90. The summed E-state index contributed by atoms with van der Waals surface area (Å²) >= 11 is 0. The number of nitrogens with one attached hydrogen (secondary N) is 1. The minimum Gasteiger partial charge on any atom is -0.480 e. The Balaban J connectivity index is 2.85. The number of carboxylic acid groups (broad SMARTS) is 1. The molecule has 0 aromatic carbocycles. The predicted molar refractivity (Wildman–Crippen MR) is 64.6 cm³/mol. The van der Waals surface area contributed by atoms with Crippen molar-refractivity contribution in [2.45, 2.75) is 44.2 Å². The van der Waals surface area contributed by atoms with Crippen LogP contribution in [-0.4, -0.2) is 35.3 Å². The molecule has 0 saturated carbocycles. The Morgan fingerprint density at radius 3 is 2.61 bits per heavy atom.